The van der Waals surface area contributed by atoms with Crippen molar-refractivity contribution in [1.29, 1.82) is 0 Å². The van der Waals surface area contributed by atoms with E-state index in [2.05, 4.69) is 21.2 Å². The molecular weight excluding hydrogens is 278 g/mol. The summed E-state index contributed by atoms with van der Waals surface area (Å²) in [4.78, 5) is 12.9. The van der Waals surface area contributed by atoms with Crippen LogP contribution in [0.2, 0.25) is 0 Å². The van der Waals surface area contributed by atoms with Crippen LogP contribution in [0, 0.1) is 6.92 Å². The molecule has 2 unspecified atom stereocenters. The maximum atomic E-state index is 11.9. The molecular formula is C10H12BrNO2S. The first-order valence-electron chi connectivity index (χ1n) is 4.75. The average molecular weight is 290 g/mol. The number of rotatable bonds is 2. The molecule has 5 heteroatoms. The number of thiophene rings is 1. The minimum absolute atomic E-state index is 0.00227. The molecule has 0 radical (unpaired) electrons. The lowest BCUT2D eigenvalue weighted by Crippen LogP contribution is -2.40. The zero-order chi connectivity index (χ0) is 10.8. The van der Waals surface area contributed by atoms with E-state index in [1.807, 2.05) is 18.4 Å². The number of carbonyl (C=O) groups is 1. The van der Waals surface area contributed by atoms with E-state index in [0.717, 1.165) is 10.4 Å². The molecule has 2 atom stereocenters. The van der Waals surface area contributed by atoms with E-state index in [4.69, 9.17) is 4.74 Å². The average Bonchev–Trinajstić information content (AvgIpc) is 2.76. The van der Waals surface area contributed by atoms with E-state index in [1.54, 1.807) is 0 Å². The Balaban J connectivity index is 2.01. The summed E-state index contributed by atoms with van der Waals surface area (Å²) in [6.07, 6.45) is 0. The van der Waals surface area contributed by atoms with Crippen LogP contribution in [0.25, 0.3) is 0 Å². The van der Waals surface area contributed by atoms with E-state index in [-0.39, 0.29) is 16.8 Å². The molecule has 0 bridgehead atoms. The van der Waals surface area contributed by atoms with Gasteiger partial charge in [-0.15, -0.1) is 11.3 Å². The van der Waals surface area contributed by atoms with E-state index in [1.165, 1.54) is 11.3 Å². The van der Waals surface area contributed by atoms with Crippen molar-refractivity contribution in [2.45, 2.75) is 17.8 Å². The summed E-state index contributed by atoms with van der Waals surface area (Å²) < 4.78 is 5.26. The Morgan fingerprint density at radius 3 is 3.00 bits per heavy atom. The number of ether oxygens (including phenoxy) is 1. The minimum atomic E-state index is 0.00227. The Morgan fingerprint density at radius 2 is 2.47 bits per heavy atom. The van der Waals surface area contributed by atoms with Crippen LogP contribution in [0.4, 0.5) is 0 Å². The van der Waals surface area contributed by atoms with Gasteiger partial charge in [0.1, 0.15) is 0 Å². The van der Waals surface area contributed by atoms with Crippen LogP contribution < -0.4 is 5.32 Å². The van der Waals surface area contributed by atoms with Crippen LogP contribution in [-0.4, -0.2) is 30.0 Å². The number of halogens is 1. The lowest BCUT2D eigenvalue weighted by Gasteiger charge is -2.13. The van der Waals surface area contributed by atoms with E-state index in [0.29, 0.717) is 13.2 Å². The Morgan fingerprint density at radius 1 is 1.67 bits per heavy atom. The maximum absolute atomic E-state index is 11.9. The second-order valence-electron chi connectivity index (χ2n) is 3.57. The molecule has 2 rings (SSSR count). The van der Waals surface area contributed by atoms with Gasteiger partial charge in [-0.3, -0.25) is 4.79 Å². The molecule has 15 heavy (non-hydrogen) atoms. The second-order valence-corrected chi connectivity index (χ2v) is 5.66. The lowest BCUT2D eigenvalue weighted by molar-refractivity contribution is 0.0934. The summed E-state index contributed by atoms with van der Waals surface area (Å²) in [6, 6.07) is 2.04. The summed E-state index contributed by atoms with van der Waals surface area (Å²) >= 11 is 4.95. The standard InChI is InChI=1S/C10H12BrNO2S/c1-6-2-3-15-9(6)10(13)12-8-5-14-4-7(8)11/h2-3,7-8H,4-5H2,1H3,(H,12,13). The molecule has 3 nitrogen and oxygen atoms in total. The van der Waals surface area contributed by atoms with Crippen LogP contribution in [0.5, 0.6) is 0 Å². The van der Waals surface area contributed by atoms with Crippen LogP contribution in [0.15, 0.2) is 11.4 Å². The first kappa shape index (κ1) is 11.1. The second kappa shape index (κ2) is 4.63. The fourth-order valence-electron chi connectivity index (χ4n) is 1.50. The molecule has 1 N–H and O–H groups in total. The number of hydrogen-bond acceptors (Lipinski definition) is 3. The Hall–Kier alpha value is -0.390. The third-order valence-corrected chi connectivity index (χ3v) is 4.31. The number of carbonyl (C=O) groups excluding carboxylic acids is 1. The van der Waals surface area contributed by atoms with Gasteiger partial charge < -0.3 is 10.1 Å². The summed E-state index contributed by atoms with van der Waals surface area (Å²) in [5, 5.41) is 4.90. The van der Waals surface area contributed by atoms with Crippen molar-refractivity contribution >= 4 is 33.2 Å². The van der Waals surface area contributed by atoms with Crippen molar-refractivity contribution < 1.29 is 9.53 Å². The van der Waals surface area contributed by atoms with Gasteiger partial charge in [0.15, 0.2) is 0 Å². The number of nitrogens with one attached hydrogen (secondary N) is 1. The minimum Gasteiger partial charge on any atom is -0.378 e. The third-order valence-electron chi connectivity index (χ3n) is 2.40. The van der Waals surface area contributed by atoms with Gasteiger partial charge in [-0.05, 0) is 23.9 Å². The molecule has 0 saturated carbocycles. The summed E-state index contributed by atoms with van der Waals surface area (Å²) in [7, 11) is 0. The maximum Gasteiger partial charge on any atom is 0.261 e. The van der Waals surface area contributed by atoms with Gasteiger partial charge in [0.2, 0.25) is 0 Å². The Labute approximate surface area is 101 Å². The number of hydrogen-bond donors (Lipinski definition) is 1. The van der Waals surface area contributed by atoms with Gasteiger partial charge in [0.25, 0.3) is 5.91 Å². The first-order valence-corrected chi connectivity index (χ1v) is 6.55. The van der Waals surface area contributed by atoms with Crippen molar-refractivity contribution in [3.05, 3.63) is 21.9 Å². The highest BCUT2D eigenvalue weighted by molar-refractivity contribution is 9.09. The molecule has 1 aromatic heterocycles. The summed E-state index contributed by atoms with van der Waals surface area (Å²) in [5.74, 6) is 0.00227. The van der Waals surface area contributed by atoms with Crippen molar-refractivity contribution in [3.8, 4) is 0 Å². The van der Waals surface area contributed by atoms with Crippen LogP contribution in [0.1, 0.15) is 15.2 Å². The fraction of sp³-hybridized carbons (Fsp3) is 0.500. The number of aryl methyl sites for hydroxylation is 1. The lowest BCUT2D eigenvalue weighted by atomic mass is 10.2. The molecule has 1 fully saturated rings. The Bertz CT molecular complexity index is 366. The summed E-state index contributed by atoms with van der Waals surface area (Å²) in [5.41, 5.74) is 1.03. The van der Waals surface area contributed by atoms with Crippen molar-refractivity contribution in [1.82, 2.24) is 5.32 Å². The molecule has 1 aliphatic rings. The first-order chi connectivity index (χ1) is 7.18. The molecule has 0 aliphatic carbocycles. The zero-order valence-corrected chi connectivity index (χ0v) is 10.7. The monoisotopic (exact) mass is 289 g/mol. The van der Waals surface area contributed by atoms with E-state index < -0.39 is 0 Å². The van der Waals surface area contributed by atoms with Crippen molar-refractivity contribution in [3.63, 3.8) is 0 Å². The van der Waals surface area contributed by atoms with E-state index in [9.17, 15) is 4.79 Å². The van der Waals surface area contributed by atoms with Crippen LogP contribution >= 0.6 is 27.3 Å². The van der Waals surface area contributed by atoms with Gasteiger partial charge in [-0.25, -0.2) is 0 Å². The highest BCUT2D eigenvalue weighted by Gasteiger charge is 2.28. The van der Waals surface area contributed by atoms with Gasteiger partial charge in [-0.1, -0.05) is 15.9 Å². The SMILES string of the molecule is Cc1ccsc1C(=O)NC1COCC1Br. The molecule has 1 amide bonds. The normalized spacial score (nSPS) is 25.5. The highest BCUT2D eigenvalue weighted by Crippen LogP contribution is 2.18. The largest absolute Gasteiger partial charge is 0.378 e. The van der Waals surface area contributed by atoms with Gasteiger partial charge in [-0.2, -0.15) is 0 Å². The molecule has 1 aromatic rings. The molecule has 1 aliphatic heterocycles. The topological polar surface area (TPSA) is 38.3 Å². The molecule has 0 spiro atoms. The van der Waals surface area contributed by atoms with Crippen LogP contribution in [-0.2, 0) is 4.74 Å². The predicted octanol–water partition coefficient (Wildman–Crippen LogP) is 1.95. The van der Waals surface area contributed by atoms with E-state index >= 15 is 0 Å². The third kappa shape index (κ3) is 2.41. The summed E-state index contributed by atoms with van der Waals surface area (Å²) in [6.45, 7) is 3.20. The van der Waals surface area contributed by atoms with Crippen molar-refractivity contribution in [2.24, 2.45) is 0 Å². The van der Waals surface area contributed by atoms with Crippen molar-refractivity contribution in [2.75, 3.05) is 13.2 Å². The highest BCUT2D eigenvalue weighted by atomic mass is 79.9. The molecule has 0 aromatic carbocycles. The van der Waals surface area contributed by atoms with Crippen LogP contribution in [0.3, 0.4) is 0 Å². The predicted molar refractivity (Wildman–Crippen MR) is 63.8 cm³/mol. The fourth-order valence-corrected chi connectivity index (χ4v) is 2.80. The molecule has 1 saturated heterocycles. The van der Waals surface area contributed by atoms with Gasteiger partial charge in [0, 0.05) is 0 Å². The quantitative estimate of drug-likeness (QED) is 0.845. The van der Waals surface area contributed by atoms with Gasteiger partial charge >= 0.3 is 0 Å². The molecule has 82 valence electrons. The zero-order valence-electron chi connectivity index (χ0n) is 8.33. The number of amides is 1. The smallest absolute Gasteiger partial charge is 0.261 e. The Kier molecular flexibility index (Phi) is 3.43. The molecule has 2 heterocycles. The van der Waals surface area contributed by atoms with Gasteiger partial charge in [0.05, 0.1) is 29.0 Å². The number of alkyl halides is 1.